The van der Waals surface area contributed by atoms with Crippen LogP contribution in [0.1, 0.15) is 33.1 Å². The second kappa shape index (κ2) is 8.83. The van der Waals surface area contributed by atoms with Crippen molar-refractivity contribution in [2.75, 3.05) is 18.5 Å². The number of nitrogen functional groups attached to an aromatic ring is 1. The first kappa shape index (κ1) is 23.0. The third-order valence-electron chi connectivity index (χ3n) is 4.36. The number of nitrogens with two attached hydrogens (primary N) is 1. The van der Waals surface area contributed by atoms with Gasteiger partial charge >= 0.3 is 6.18 Å². The highest BCUT2D eigenvalue weighted by Crippen LogP contribution is 2.39. The standard InChI is InChI=1S/C18H15F5N4O2S2/c1-25-16(29)12-7(5-30-15(12)24)4-11(28)27-17-26-10(6-31-17)8-2-3-9(19)13(14(8)20)18(21,22)23/h2-3,5,10H,4,6,24H2,1H3,(H,25,29)(H,26,27,28). The molecule has 3 rings (SSSR count). The van der Waals surface area contributed by atoms with Crippen molar-refractivity contribution in [3.05, 3.63) is 51.4 Å². The van der Waals surface area contributed by atoms with Crippen molar-refractivity contribution in [3.63, 3.8) is 0 Å². The monoisotopic (exact) mass is 478 g/mol. The molecule has 1 atom stereocenters. The molecule has 0 radical (unpaired) electrons. The second-order valence-electron chi connectivity index (χ2n) is 6.39. The lowest BCUT2D eigenvalue weighted by Crippen LogP contribution is -2.29. The molecule has 1 aromatic carbocycles. The van der Waals surface area contributed by atoms with Gasteiger partial charge in [0.2, 0.25) is 5.91 Å². The molecule has 166 valence electrons. The van der Waals surface area contributed by atoms with Crippen LogP contribution in [0, 0.1) is 11.6 Å². The Balaban J connectivity index is 1.75. The maximum Gasteiger partial charge on any atom is 0.422 e. The molecule has 0 fully saturated rings. The van der Waals surface area contributed by atoms with E-state index in [4.69, 9.17) is 5.73 Å². The van der Waals surface area contributed by atoms with E-state index in [0.29, 0.717) is 11.6 Å². The highest BCUT2D eigenvalue weighted by Gasteiger charge is 2.40. The Morgan fingerprint density at radius 3 is 2.65 bits per heavy atom. The van der Waals surface area contributed by atoms with E-state index in [-0.39, 0.29) is 27.9 Å². The normalized spacial score (nSPS) is 16.2. The number of amidine groups is 1. The fraction of sp³-hybridized carbons (Fsp3) is 0.278. The number of nitrogens with zero attached hydrogens (tertiary/aromatic N) is 1. The minimum Gasteiger partial charge on any atom is -0.390 e. The van der Waals surface area contributed by atoms with Gasteiger partial charge in [0.15, 0.2) is 5.17 Å². The van der Waals surface area contributed by atoms with Gasteiger partial charge in [0.1, 0.15) is 17.2 Å². The highest BCUT2D eigenvalue weighted by atomic mass is 32.2. The summed E-state index contributed by atoms with van der Waals surface area (Å²) in [7, 11) is 1.42. The number of hydrogen-bond donors (Lipinski definition) is 3. The molecule has 0 aliphatic carbocycles. The van der Waals surface area contributed by atoms with Gasteiger partial charge in [-0.05, 0) is 17.0 Å². The number of aliphatic imine (C=N–C) groups is 1. The molecular formula is C18H15F5N4O2S2. The van der Waals surface area contributed by atoms with E-state index in [1.54, 1.807) is 5.38 Å². The smallest absolute Gasteiger partial charge is 0.390 e. The number of nitrogens with one attached hydrogen (secondary N) is 2. The Morgan fingerprint density at radius 2 is 2.00 bits per heavy atom. The Labute approximate surface area is 181 Å². The number of rotatable bonds is 4. The van der Waals surface area contributed by atoms with Crippen LogP contribution in [-0.2, 0) is 17.4 Å². The fourth-order valence-corrected chi connectivity index (χ4v) is 4.72. The molecular weight excluding hydrogens is 463 g/mol. The molecule has 0 saturated carbocycles. The van der Waals surface area contributed by atoms with Gasteiger partial charge in [0.05, 0.1) is 23.0 Å². The predicted molar refractivity (Wildman–Crippen MR) is 108 cm³/mol. The summed E-state index contributed by atoms with van der Waals surface area (Å²) in [4.78, 5) is 28.3. The van der Waals surface area contributed by atoms with Crippen LogP contribution in [0.25, 0.3) is 0 Å². The molecule has 0 bridgehead atoms. The van der Waals surface area contributed by atoms with Gasteiger partial charge in [0.25, 0.3) is 5.91 Å². The van der Waals surface area contributed by atoms with Crippen LogP contribution < -0.4 is 16.4 Å². The molecule has 0 spiro atoms. The summed E-state index contributed by atoms with van der Waals surface area (Å²) in [6, 6.07) is 0.419. The van der Waals surface area contributed by atoms with Crippen molar-refractivity contribution in [1.82, 2.24) is 10.6 Å². The molecule has 1 aromatic heterocycles. The third kappa shape index (κ3) is 4.82. The summed E-state index contributed by atoms with van der Waals surface area (Å²) < 4.78 is 66.6. The zero-order valence-electron chi connectivity index (χ0n) is 15.8. The van der Waals surface area contributed by atoms with Crippen molar-refractivity contribution >= 4 is 45.1 Å². The van der Waals surface area contributed by atoms with Gasteiger partial charge in [0, 0.05) is 18.4 Å². The minimum absolute atomic E-state index is 0.0599. The first-order chi connectivity index (χ1) is 14.5. The number of thioether (sulfide) groups is 1. The molecule has 1 aliphatic rings. The van der Waals surface area contributed by atoms with Gasteiger partial charge in [-0.2, -0.15) is 13.2 Å². The van der Waals surface area contributed by atoms with E-state index >= 15 is 0 Å². The Morgan fingerprint density at radius 1 is 1.29 bits per heavy atom. The molecule has 1 unspecified atom stereocenters. The Bertz CT molecular complexity index is 1070. The van der Waals surface area contributed by atoms with Gasteiger partial charge in [-0.25, -0.2) is 8.78 Å². The fourth-order valence-electron chi connectivity index (χ4n) is 2.95. The van der Waals surface area contributed by atoms with E-state index in [2.05, 4.69) is 15.6 Å². The maximum absolute atomic E-state index is 14.3. The second-order valence-corrected chi connectivity index (χ2v) is 8.31. The molecule has 2 heterocycles. The number of alkyl halides is 3. The average Bonchev–Trinajstić information content (AvgIpc) is 3.27. The summed E-state index contributed by atoms with van der Waals surface area (Å²) in [6.07, 6.45) is -5.38. The summed E-state index contributed by atoms with van der Waals surface area (Å²) in [5.74, 6) is -4.35. The van der Waals surface area contributed by atoms with E-state index in [1.165, 1.54) is 7.05 Å². The summed E-state index contributed by atoms with van der Waals surface area (Å²) in [6.45, 7) is 0. The van der Waals surface area contributed by atoms with Crippen LogP contribution in [0.3, 0.4) is 0 Å². The number of carbonyl (C=O) groups is 2. The number of hydrogen-bond acceptors (Lipinski definition) is 6. The lowest BCUT2D eigenvalue weighted by Gasteiger charge is -2.14. The lowest BCUT2D eigenvalue weighted by atomic mass is 10.0. The van der Waals surface area contributed by atoms with Gasteiger partial charge in [-0.15, -0.1) is 11.3 Å². The zero-order valence-corrected chi connectivity index (χ0v) is 17.4. The van der Waals surface area contributed by atoms with E-state index in [9.17, 15) is 31.5 Å². The average molecular weight is 478 g/mol. The first-order valence-corrected chi connectivity index (χ1v) is 10.5. The number of anilines is 1. The minimum atomic E-state index is -5.19. The third-order valence-corrected chi connectivity index (χ3v) is 6.19. The molecule has 31 heavy (non-hydrogen) atoms. The number of amides is 2. The number of thiophene rings is 1. The van der Waals surface area contributed by atoms with Gasteiger partial charge < -0.3 is 16.4 Å². The lowest BCUT2D eigenvalue weighted by molar-refractivity contribution is -0.142. The van der Waals surface area contributed by atoms with E-state index in [1.807, 2.05) is 0 Å². The Hall–Kier alpha value is -2.67. The van der Waals surface area contributed by atoms with Gasteiger partial charge in [-0.3, -0.25) is 14.6 Å². The molecule has 6 nitrogen and oxygen atoms in total. The topological polar surface area (TPSA) is 96.6 Å². The van der Waals surface area contributed by atoms with Crippen molar-refractivity contribution in [3.8, 4) is 0 Å². The van der Waals surface area contributed by atoms with Crippen molar-refractivity contribution in [2.45, 2.75) is 18.6 Å². The zero-order chi connectivity index (χ0) is 22.9. The van der Waals surface area contributed by atoms with Crippen LogP contribution in [0.15, 0.2) is 22.5 Å². The van der Waals surface area contributed by atoms with Gasteiger partial charge in [-0.1, -0.05) is 17.8 Å². The van der Waals surface area contributed by atoms with E-state index < -0.39 is 46.8 Å². The van der Waals surface area contributed by atoms with Crippen LogP contribution in [0.2, 0.25) is 0 Å². The summed E-state index contributed by atoms with van der Waals surface area (Å²) in [5, 5.41) is 6.81. The Kier molecular flexibility index (Phi) is 6.55. The number of halogens is 5. The van der Waals surface area contributed by atoms with Crippen molar-refractivity contribution in [2.24, 2.45) is 4.99 Å². The van der Waals surface area contributed by atoms with Crippen LogP contribution >= 0.6 is 23.1 Å². The molecule has 2 amide bonds. The summed E-state index contributed by atoms with van der Waals surface area (Å²) in [5.41, 5.74) is 3.96. The molecule has 1 aliphatic heterocycles. The maximum atomic E-state index is 14.3. The van der Waals surface area contributed by atoms with E-state index in [0.717, 1.165) is 29.2 Å². The summed E-state index contributed by atoms with van der Waals surface area (Å²) >= 11 is 2.11. The quantitative estimate of drug-likeness (QED) is 0.587. The van der Waals surface area contributed by atoms with Crippen molar-refractivity contribution in [1.29, 1.82) is 0 Å². The predicted octanol–water partition coefficient (Wildman–Crippen LogP) is 3.49. The number of benzene rings is 1. The SMILES string of the molecule is CNC(=O)c1c(CC(=O)NC2=NC(c3ccc(F)c(C(F)(F)F)c3F)CS2)csc1N. The largest absolute Gasteiger partial charge is 0.422 e. The highest BCUT2D eigenvalue weighted by molar-refractivity contribution is 8.14. The number of carbonyl (C=O) groups excluding carboxylic acids is 2. The molecule has 0 saturated heterocycles. The first-order valence-electron chi connectivity index (χ1n) is 8.66. The molecule has 13 heteroatoms. The van der Waals surface area contributed by atoms with Crippen LogP contribution in [0.4, 0.5) is 27.0 Å². The molecule has 4 N–H and O–H groups in total. The molecule has 2 aromatic rings. The van der Waals surface area contributed by atoms with Crippen molar-refractivity contribution < 1.29 is 31.5 Å². The van der Waals surface area contributed by atoms with Crippen LogP contribution in [0.5, 0.6) is 0 Å². The van der Waals surface area contributed by atoms with Crippen LogP contribution in [-0.4, -0.2) is 29.8 Å².